The van der Waals surface area contributed by atoms with E-state index in [9.17, 15) is 0 Å². The van der Waals surface area contributed by atoms with Crippen molar-refractivity contribution in [2.45, 2.75) is 52.0 Å². The summed E-state index contributed by atoms with van der Waals surface area (Å²) in [6.45, 7) is 9.63. The van der Waals surface area contributed by atoms with Crippen LogP contribution < -0.4 is 0 Å². The van der Waals surface area contributed by atoms with Crippen LogP contribution in [-0.2, 0) is 0 Å². The van der Waals surface area contributed by atoms with Gasteiger partial charge >= 0.3 is 0 Å². The third-order valence-corrected chi connectivity index (χ3v) is 2.82. The smallest absolute Gasteiger partial charge is 0.0153 e. The second kappa shape index (κ2) is 3.57. The lowest BCUT2D eigenvalue weighted by atomic mass is 9.90. The van der Waals surface area contributed by atoms with E-state index in [2.05, 4.69) is 25.7 Å². The molecule has 0 radical (unpaired) electrons. The Morgan fingerprint density at radius 1 is 1.27 bits per heavy atom. The van der Waals surface area contributed by atoms with Gasteiger partial charge in [-0.25, -0.2) is 0 Å². The summed E-state index contributed by atoms with van der Waals surface area (Å²) in [7, 11) is 0. The van der Waals surface area contributed by atoms with Crippen molar-refractivity contribution in [3.8, 4) is 0 Å². The fourth-order valence-electron chi connectivity index (χ4n) is 2.01. The van der Waals surface area contributed by atoms with E-state index in [4.69, 9.17) is 0 Å². The van der Waals surface area contributed by atoms with Gasteiger partial charge in [-0.15, -0.1) is 0 Å². The molecule has 0 aromatic rings. The van der Waals surface area contributed by atoms with E-state index in [1.54, 1.807) is 0 Å². The van der Waals surface area contributed by atoms with Crippen molar-refractivity contribution in [2.75, 3.05) is 13.1 Å². The fraction of sp³-hybridized carbons (Fsp3) is 1.00. The van der Waals surface area contributed by atoms with Gasteiger partial charge in [0.05, 0.1) is 0 Å². The topological polar surface area (TPSA) is 3.24 Å². The van der Waals surface area contributed by atoms with Crippen LogP contribution in [0, 0.1) is 0 Å². The van der Waals surface area contributed by atoms with Crippen LogP contribution >= 0.6 is 0 Å². The highest BCUT2D eigenvalue weighted by Gasteiger charge is 2.28. The summed E-state index contributed by atoms with van der Waals surface area (Å²) in [6, 6.07) is 0. The lowest BCUT2D eigenvalue weighted by Gasteiger charge is -2.42. The van der Waals surface area contributed by atoms with Gasteiger partial charge in [-0.2, -0.15) is 0 Å². The van der Waals surface area contributed by atoms with Crippen molar-refractivity contribution in [3.05, 3.63) is 0 Å². The molecule has 1 rings (SSSR count). The predicted molar refractivity (Wildman–Crippen MR) is 49.8 cm³/mol. The first kappa shape index (κ1) is 9.05. The summed E-state index contributed by atoms with van der Waals surface area (Å²) < 4.78 is 0. The molecule has 0 saturated carbocycles. The summed E-state index contributed by atoms with van der Waals surface area (Å²) in [5, 5.41) is 0. The quantitative estimate of drug-likeness (QED) is 0.592. The SMILES string of the molecule is CCCN1CCCCC1(C)C. The summed E-state index contributed by atoms with van der Waals surface area (Å²) >= 11 is 0. The predicted octanol–water partition coefficient (Wildman–Crippen LogP) is 2.66. The standard InChI is InChI=1S/C10H21N/c1-4-8-11-9-6-5-7-10(11,2)3/h4-9H2,1-3H3. The Kier molecular flexibility index (Phi) is 2.94. The summed E-state index contributed by atoms with van der Waals surface area (Å²) in [5.41, 5.74) is 0.480. The number of likely N-dealkylation sites (tertiary alicyclic amines) is 1. The van der Waals surface area contributed by atoms with Crippen molar-refractivity contribution >= 4 is 0 Å². The van der Waals surface area contributed by atoms with E-state index in [0.717, 1.165) is 0 Å². The van der Waals surface area contributed by atoms with Gasteiger partial charge in [-0.3, -0.25) is 4.90 Å². The fourth-order valence-corrected chi connectivity index (χ4v) is 2.01. The maximum Gasteiger partial charge on any atom is 0.0153 e. The molecule has 1 nitrogen and oxygen atoms in total. The highest BCUT2D eigenvalue weighted by atomic mass is 15.2. The zero-order valence-electron chi connectivity index (χ0n) is 8.19. The van der Waals surface area contributed by atoms with E-state index in [-0.39, 0.29) is 0 Å². The molecule has 1 saturated heterocycles. The molecule has 0 aromatic heterocycles. The number of hydrogen-bond acceptors (Lipinski definition) is 1. The van der Waals surface area contributed by atoms with Crippen LogP contribution in [0.4, 0.5) is 0 Å². The molecule has 1 heterocycles. The average molecular weight is 155 g/mol. The van der Waals surface area contributed by atoms with Gasteiger partial charge in [0.2, 0.25) is 0 Å². The first-order valence-electron chi connectivity index (χ1n) is 4.92. The van der Waals surface area contributed by atoms with Crippen LogP contribution in [0.5, 0.6) is 0 Å². The monoisotopic (exact) mass is 155 g/mol. The van der Waals surface area contributed by atoms with Gasteiger partial charge in [0.15, 0.2) is 0 Å². The van der Waals surface area contributed by atoms with E-state index >= 15 is 0 Å². The maximum absolute atomic E-state index is 2.64. The van der Waals surface area contributed by atoms with Crippen LogP contribution in [-0.4, -0.2) is 23.5 Å². The Balaban J connectivity index is 2.45. The number of piperidine rings is 1. The Labute approximate surface area is 70.8 Å². The molecular weight excluding hydrogens is 134 g/mol. The largest absolute Gasteiger partial charge is 0.298 e. The highest BCUT2D eigenvalue weighted by Crippen LogP contribution is 2.26. The lowest BCUT2D eigenvalue weighted by molar-refractivity contribution is 0.0773. The molecule has 0 N–H and O–H groups in total. The molecular formula is C10H21N. The lowest BCUT2D eigenvalue weighted by Crippen LogP contribution is -2.47. The number of nitrogens with zero attached hydrogens (tertiary/aromatic N) is 1. The van der Waals surface area contributed by atoms with Crippen molar-refractivity contribution in [1.82, 2.24) is 4.90 Å². The van der Waals surface area contributed by atoms with Crippen molar-refractivity contribution in [1.29, 1.82) is 0 Å². The molecule has 11 heavy (non-hydrogen) atoms. The zero-order chi connectivity index (χ0) is 8.32. The van der Waals surface area contributed by atoms with Crippen molar-refractivity contribution in [2.24, 2.45) is 0 Å². The minimum atomic E-state index is 0.480. The van der Waals surface area contributed by atoms with Gasteiger partial charge in [-0.05, 0) is 46.2 Å². The third-order valence-electron chi connectivity index (χ3n) is 2.82. The summed E-state index contributed by atoms with van der Waals surface area (Å²) in [5.74, 6) is 0. The first-order chi connectivity index (χ1) is 5.17. The first-order valence-corrected chi connectivity index (χ1v) is 4.92. The summed E-state index contributed by atoms with van der Waals surface area (Å²) in [6.07, 6.45) is 5.51. The maximum atomic E-state index is 2.64. The minimum Gasteiger partial charge on any atom is -0.298 e. The van der Waals surface area contributed by atoms with Gasteiger partial charge in [-0.1, -0.05) is 13.3 Å². The normalized spacial score (nSPS) is 25.4. The molecule has 1 heteroatoms. The Morgan fingerprint density at radius 2 is 2.00 bits per heavy atom. The number of rotatable bonds is 2. The van der Waals surface area contributed by atoms with Crippen LogP contribution in [0.25, 0.3) is 0 Å². The Bertz CT molecular complexity index is 116. The number of hydrogen-bond donors (Lipinski definition) is 0. The molecule has 0 spiro atoms. The Morgan fingerprint density at radius 3 is 2.55 bits per heavy atom. The molecule has 66 valence electrons. The Hall–Kier alpha value is -0.0400. The van der Waals surface area contributed by atoms with Crippen LogP contribution in [0.2, 0.25) is 0 Å². The second-order valence-electron chi connectivity index (χ2n) is 4.26. The molecule has 1 fully saturated rings. The van der Waals surface area contributed by atoms with Crippen LogP contribution in [0.15, 0.2) is 0 Å². The minimum absolute atomic E-state index is 0.480. The van der Waals surface area contributed by atoms with Crippen molar-refractivity contribution in [3.63, 3.8) is 0 Å². The van der Waals surface area contributed by atoms with Gasteiger partial charge < -0.3 is 0 Å². The second-order valence-corrected chi connectivity index (χ2v) is 4.26. The molecule has 0 aromatic carbocycles. The van der Waals surface area contributed by atoms with E-state index in [0.29, 0.717) is 5.54 Å². The average Bonchev–Trinajstić information content (AvgIpc) is 1.94. The molecule has 0 bridgehead atoms. The van der Waals surface area contributed by atoms with Crippen LogP contribution in [0.3, 0.4) is 0 Å². The highest BCUT2D eigenvalue weighted by molar-refractivity contribution is 4.84. The van der Waals surface area contributed by atoms with E-state index in [1.807, 2.05) is 0 Å². The molecule has 1 aliphatic rings. The van der Waals surface area contributed by atoms with Crippen LogP contribution in [0.1, 0.15) is 46.5 Å². The molecule has 0 aliphatic carbocycles. The molecule has 0 unspecified atom stereocenters. The van der Waals surface area contributed by atoms with E-state index < -0.39 is 0 Å². The molecule has 0 amide bonds. The third kappa shape index (κ3) is 2.19. The summed E-state index contributed by atoms with van der Waals surface area (Å²) in [4.78, 5) is 2.64. The van der Waals surface area contributed by atoms with E-state index in [1.165, 1.54) is 38.8 Å². The van der Waals surface area contributed by atoms with Gasteiger partial charge in [0, 0.05) is 5.54 Å². The zero-order valence-corrected chi connectivity index (χ0v) is 8.19. The van der Waals surface area contributed by atoms with Gasteiger partial charge in [0.1, 0.15) is 0 Å². The molecule has 1 aliphatic heterocycles. The van der Waals surface area contributed by atoms with Crippen molar-refractivity contribution < 1.29 is 0 Å². The molecule has 0 atom stereocenters. The van der Waals surface area contributed by atoms with Gasteiger partial charge in [0.25, 0.3) is 0 Å².